The quantitative estimate of drug-likeness (QED) is 0.0450. The predicted molar refractivity (Wildman–Crippen MR) is 226 cm³/mol. The topological polar surface area (TPSA) is 190 Å². The summed E-state index contributed by atoms with van der Waals surface area (Å²) in [5.41, 5.74) is 9.88. The third-order valence-electron chi connectivity index (χ3n) is 7.13. The molecule has 5 N–H and O–H groups in total. The number of alkyl halides is 2. The van der Waals surface area contributed by atoms with E-state index in [9.17, 15) is 29.9 Å². The van der Waals surface area contributed by atoms with Crippen LogP contribution in [0.25, 0.3) is 0 Å². The van der Waals surface area contributed by atoms with Gasteiger partial charge in [0.15, 0.2) is 0 Å². The molecule has 2 aliphatic heterocycles. The van der Waals surface area contributed by atoms with E-state index in [-0.39, 0.29) is 40.0 Å². The van der Waals surface area contributed by atoms with Gasteiger partial charge in [-0.15, -0.1) is 0 Å². The Balaban J connectivity index is 0.000000217. The average molecular weight is 991 g/mol. The summed E-state index contributed by atoms with van der Waals surface area (Å²) < 4.78 is 6.38. The van der Waals surface area contributed by atoms with E-state index in [1.807, 2.05) is 54.1 Å². The number of hydrogen-bond acceptors (Lipinski definition) is 10. The van der Waals surface area contributed by atoms with E-state index >= 15 is 0 Å². The average Bonchev–Trinajstić information content (AvgIpc) is 3.77. The number of esters is 1. The molecule has 0 aliphatic carbocycles. The molecule has 5 aromatic carbocycles. The van der Waals surface area contributed by atoms with E-state index in [2.05, 4.69) is 85.1 Å². The molecule has 54 heavy (non-hydrogen) atoms. The number of nitrogens with one attached hydrogen (secondary N) is 1. The van der Waals surface area contributed by atoms with Crippen molar-refractivity contribution in [1.82, 2.24) is 5.32 Å². The number of amides is 1. The number of carbonyl (C=O) groups excluding carboxylic acids is 2. The molecule has 0 saturated carbocycles. The first-order chi connectivity index (χ1) is 26.0. The van der Waals surface area contributed by atoms with E-state index in [1.165, 1.54) is 48.0 Å². The lowest BCUT2D eigenvalue weighted by molar-refractivity contribution is -0.384. The van der Waals surface area contributed by atoms with E-state index in [4.69, 9.17) is 10.5 Å². The number of fused-ring (bicyclic) bond motifs is 2. The molecule has 5 aromatic rings. The highest BCUT2D eigenvalue weighted by atomic mass is 79.9. The number of phenolic OH excluding ortho intramolecular Hbond substituents is 2. The molecular weight excluding hydrogens is 958 g/mol. The van der Waals surface area contributed by atoms with Gasteiger partial charge in [0.05, 0.1) is 21.9 Å². The second kappa shape index (κ2) is 21.7. The van der Waals surface area contributed by atoms with Gasteiger partial charge in [0.25, 0.3) is 11.6 Å². The van der Waals surface area contributed by atoms with Crippen LogP contribution < -0.4 is 15.8 Å². The standard InChI is InChI=1S/C15H11BrN2O2.C13H8BrNO5.C8H8N2.2CH3Br/c16-10-5-6-13(19)11(8-10)15(20)18-14-7-9-3-1-2-4-12(9)17-14;14-8-1-6-12(16)11(7-8)13(17)20-10-4-2-9(3-5-10)15(18)19;9-8-5-6-3-1-2-4-7(6)10-8;2*1-2/h1-6,8,19H,7H2,(H,17,18,20);1-7,16H;1-4H,5H2,(H2,9,10);2*1H3. The van der Waals surface area contributed by atoms with Gasteiger partial charge in [-0.3, -0.25) is 14.9 Å². The zero-order valence-corrected chi connectivity index (χ0v) is 35.0. The lowest BCUT2D eigenvalue weighted by Crippen LogP contribution is -2.30. The number of nitro groups is 1. The highest BCUT2D eigenvalue weighted by Gasteiger charge is 2.19. The van der Waals surface area contributed by atoms with Crippen LogP contribution in [-0.4, -0.2) is 50.4 Å². The maximum atomic E-state index is 12.2. The third kappa shape index (κ3) is 12.6. The highest BCUT2D eigenvalue weighted by Crippen LogP contribution is 2.27. The molecular formula is C38H33Br4N5O7. The van der Waals surface area contributed by atoms with Crippen molar-refractivity contribution in [3.05, 3.63) is 151 Å². The number of rotatable bonds is 4. The fourth-order valence-electron chi connectivity index (χ4n) is 4.72. The van der Waals surface area contributed by atoms with Crippen molar-refractivity contribution >= 4 is 104 Å². The Kier molecular flexibility index (Phi) is 17.5. The van der Waals surface area contributed by atoms with Crippen LogP contribution in [0.2, 0.25) is 0 Å². The van der Waals surface area contributed by atoms with E-state index in [0.717, 1.165) is 33.7 Å². The highest BCUT2D eigenvalue weighted by molar-refractivity contribution is 9.10. The molecule has 0 bridgehead atoms. The second-order valence-electron chi connectivity index (χ2n) is 10.7. The van der Waals surface area contributed by atoms with Gasteiger partial charge in [0.2, 0.25) is 0 Å². The van der Waals surface area contributed by atoms with Crippen LogP contribution in [0, 0.1) is 10.1 Å². The molecule has 280 valence electrons. The minimum absolute atomic E-state index is 0.00210. The number of amidine groups is 2. The number of aliphatic imine (C=N–C) groups is 2. The van der Waals surface area contributed by atoms with E-state index in [1.54, 1.807) is 18.2 Å². The summed E-state index contributed by atoms with van der Waals surface area (Å²) in [5.74, 6) is 3.71. The van der Waals surface area contributed by atoms with Crippen molar-refractivity contribution in [3.63, 3.8) is 0 Å². The molecule has 0 atom stereocenters. The molecule has 0 saturated heterocycles. The molecule has 0 radical (unpaired) electrons. The Hall–Kier alpha value is -4.90. The minimum Gasteiger partial charge on any atom is -0.507 e. The summed E-state index contributed by atoms with van der Waals surface area (Å²) in [6.07, 6.45) is 1.41. The molecule has 1 amide bonds. The molecule has 16 heteroatoms. The van der Waals surface area contributed by atoms with Crippen molar-refractivity contribution in [1.29, 1.82) is 0 Å². The van der Waals surface area contributed by atoms with Crippen LogP contribution in [0.4, 0.5) is 17.1 Å². The van der Waals surface area contributed by atoms with Crippen molar-refractivity contribution in [2.24, 2.45) is 15.7 Å². The molecule has 12 nitrogen and oxygen atoms in total. The lowest BCUT2D eigenvalue weighted by atomic mass is 10.1. The van der Waals surface area contributed by atoms with Gasteiger partial charge in [-0.2, -0.15) is 0 Å². The molecule has 2 heterocycles. The smallest absolute Gasteiger partial charge is 0.347 e. The fraction of sp³-hybridized carbons (Fsp3) is 0.105. The first-order valence-electron chi connectivity index (χ1n) is 15.5. The zero-order valence-electron chi connectivity index (χ0n) is 28.7. The van der Waals surface area contributed by atoms with Crippen molar-refractivity contribution in [2.75, 3.05) is 11.7 Å². The number of nitro benzene ring substituents is 1. The van der Waals surface area contributed by atoms with Crippen LogP contribution in [0.5, 0.6) is 17.2 Å². The maximum absolute atomic E-state index is 12.2. The van der Waals surface area contributed by atoms with Crippen LogP contribution in [0.1, 0.15) is 31.8 Å². The van der Waals surface area contributed by atoms with Crippen LogP contribution >= 0.6 is 63.7 Å². The second-order valence-corrected chi connectivity index (χ2v) is 12.5. The maximum Gasteiger partial charge on any atom is 0.347 e. The van der Waals surface area contributed by atoms with Gasteiger partial charge >= 0.3 is 5.97 Å². The predicted octanol–water partition coefficient (Wildman–Crippen LogP) is 9.71. The molecule has 0 unspecified atom stereocenters. The van der Waals surface area contributed by atoms with Crippen molar-refractivity contribution in [3.8, 4) is 17.2 Å². The first-order valence-corrected chi connectivity index (χ1v) is 20.3. The number of non-ortho nitro benzene ring substituents is 1. The van der Waals surface area contributed by atoms with Crippen molar-refractivity contribution in [2.45, 2.75) is 12.8 Å². The van der Waals surface area contributed by atoms with Crippen LogP contribution in [0.15, 0.2) is 128 Å². The van der Waals surface area contributed by atoms with E-state index in [0.29, 0.717) is 16.7 Å². The van der Waals surface area contributed by atoms with Gasteiger partial charge in [0, 0.05) is 33.9 Å². The minimum atomic E-state index is -0.752. The molecule has 0 aromatic heterocycles. The summed E-state index contributed by atoms with van der Waals surface area (Å²) in [4.78, 5) is 42.5. The number of phenols is 2. The van der Waals surface area contributed by atoms with E-state index < -0.39 is 10.9 Å². The Morgan fingerprint density at radius 2 is 1.24 bits per heavy atom. The lowest BCUT2D eigenvalue weighted by Gasteiger charge is -2.06. The number of aromatic hydroxyl groups is 2. The molecule has 0 fully saturated rings. The zero-order chi connectivity index (χ0) is 39.8. The third-order valence-corrected chi connectivity index (χ3v) is 8.12. The summed E-state index contributed by atoms with van der Waals surface area (Å²) in [6.45, 7) is 0. The number of carbonyl (C=O) groups is 2. The largest absolute Gasteiger partial charge is 0.507 e. The van der Waals surface area contributed by atoms with Gasteiger partial charge in [-0.05, 0) is 83.5 Å². The number of nitrogens with two attached hydrogens (primary N) is 1. The molecule has 7 rings (SSSR count). The summed E-state index contributed by atoms with van der Waals surface area (Å²) in [6, 6.07) is 29.9. The van der Waals surface area contributed by atoms with Crippen molar-refractivity contribution < 1.29 is 29.5 Å². The number of nitrogens with zero attached hydrogens (tertiary/aromatic N) is 3. The van der Waals surface area contributed by atoms with Crippen LogP contribution in [-0.2, 0) is 12.8 Å². The Labute approximate surface area is 344 Å². The number of benzene rings is 5. The summed E-state index contributed by atoms with van der Waals surface area (Å²) in [5, 5.41) is 32.6. The van der Waals surface area contributed by atoms with Gasteiger partial charge in [-0.25, -0.2) is 14.8 Å². The number of halogens is 4. The molecule has 2 aliphatic rings. The Bertz CT molecular complexity index is 2160. The summed E-state index contributed by atoms with van der Waals surface area (Å²) >= 11 is 12.3. The van der Waals surface area contributed by atoms with Gasteiger partial charge < -0.3 is 26.0 Å². The first kappa shape index (κ1) is 43.5. The summed E-state index contributed by atoms with van der Waals surface area (Å²) in [7, 11) is 0. The Morgan fingerprint density at radius 3 is 1.78 bits per heavy atom. The SMILES string of the molecule is CBr.CBr.NC1=Nc2ccccc2C1.O=C(NC1=Nc2ccccc2C1)c1cc(Br)ccc1O.O=C(Oc1ccc([N+](=O)[O-])cc1)c1cc(Br)ccc1O. The number of hydrogen-bond donors (Lipinski definition) is 4. The number of ether oxygens (including phenoxy) is 1. The number of para-hydroxylation sites is 2. The molecule has 0 spiro atoms. The normalized spacial score (nSPS) is 11.4. The van der Waals surface area contributed by atoms with Crippen LogP contribution in [0.3, 0.4) is 0 Å². The Morgan fingerprint density at radius 1 is 0.741 bits per heavy atom. The fourth-order valence-corrected chi connectivity index (χ4v) is 5.45. The van der Waals surface area contributed by atoms with Gasteiger partial charge in [0.1, 0.15) is 34.5 Å². The van der Waals surface area contributed by atoms with Gasteiger partial charge in [-0.1, -0.05) is 100 Å². The monoisotopic (exact) mass is 987 g/mol.